The number of nitrogens with zero attached hydrogens (tertiary/aromatic N) is 3. The Kier molecular flexibility index (Phi) is 8.10. The highest BCUT2D eigenvalue weighted by Crippen LogP contribution is 2.30. The number of hydrogen-bond acceptors (Lipinski definition) is 4. The van der Waals surface area contributed by atoms with Crippen LogP contribution in [0, 0.1) is 0 Å². The number of aromatic nitrogens is 2. The van der Waals surface area contributed by atoms with Gasteiger partial charge in [-0.3, -0.25) is 4.68 Å². The summed E-state index contributed by atoms with van der Waals surface area (Å²) >= 11 is 0. The average Bonchev–Trinajstić information content (AvgIpc) is 3.05. The van der Waals surface area contributed by atoms with E-state index >= 15 is 0 Å². The van der Waals surface area contributed by atoms with Crippen molar-refractivity contribution in [3.05, 3.63) is 47.3 Å². The number of ether oxygens (including phenoxy) is 1. The number of halogens is 3. The Balaban J connectivity index is 2.02. The van der Waals surface area contributed by atoms with Crippen LogP contribution in [0.4, 0.5) is 13.2 Å². The summed E-state index contributed by atoms with van der Waals surface area (Å²) < 4.78 is 45.9. The number of benzene rings is 1. The normalized spacial score (nSPS) is 13.4. The summed E-state index contributed by atoms with van der Waals surface area (Å²) in [5, 5.41) is 19.8. The zero-order valence-electron chi connectivity index (χ0n) is 17.5. The van der Waals surface area contributed by atoms with Gasteiger partial charge in [0.25, 0.3) is 0 Å². The lowest BCUT2D eigenvalue weighted by Gasteiger charge is -2.16. The fourth-order valence-corrected chi connectivity index (χ4v) is 2.75. The van der Waals surface area contributed by atoms with Crippen LogP contribution in [-0.4, -0.2) is 40.0 Å². The van der Waals surface area contributed by atoms with Crippen molar-refractivity contribution in [2.75, 3.05) is 13.1 Å². The number of nitrogens with one attached hydrogen (secondary N) is 2. The highest BCUT2D eigenvalue weighted by atomic mass is 19.4. The third-order valence-electron chi connectivity index (χ3n) is 4.02. The molecule has 1 unspecified atom stereocenters. The smallest absolute Gasteiger partial charge is 0.435 e. The minimum Gasteiger partial charge on any atom is -0.491 e. The van der Waals surface area contributed by atoms with E-state index in [1.807, 2.05) is 20.8 Å². The SMILES string of the molecule is CCNC(=NCc1cn(C)nc1C(F)(F)F)NCC(O)c1ccc(OC(C)C)cc1. The van der Waals surface area contributed by atoms with Crippen molar-refractivity contribution in [1.82, 2.24) is 20.4 Å². The Hall–Kier alpha value is -2.75. The van der Waals surface area contributed by atoms with Crippen LogP contribution in [0.5, 0.6) is 5.75 Å². The Morgan fingerprint density at radius 3 is 2.47 bits per heavy atom. The molecule has 3 N–H and O–H groups in total. The quantitative estimate of drug-likeness (QED) is 0.446. The summed E-state index contributed by atoms with van der Waals surface area (Å²) in [6.07, 6.45) is -4.02. The number of aliphatic imine (C=N–C) groups is 1. The van der Waals surface area contributed by atoms with E-state index in [2.05, 4.69) is 20.7 Å². The summed E-state index contributed by atoms with van der Waals surface area (Å²) in [5.41, 5.74) is -0.294. The van der Waals surface area contributed by atoms with Crippen molar-refractivity contribution in [3.8, 4) is 5.75 Å². The van der Waals surface area contributed by atoms with Crippen LogP contribution in [0.25, 0.3) is 0 Å². The molecule has 0 fully saturated rings. The number of aliphatic hydroxyl groups excluding tert-OH is 1. The van der Waals surface area contributed by atoms with Gasteiger partial charge in [-0.15, -0.1) is 0 Å². The van der Waals surface area contributed by atoms with Gasteiger partial charge >= 0.3 is 6.18 Å². The molecule has 7 nitrogen and oxygen atoms in total. The number of aliphatic hydroxyl groups is 1. The summed E-state index contributed by atoms with van der Waals surface area (Å²) in [6.45, 7) is 6.15. The van der Waals surface area contributed by atoms with Crippen LogP contribution in [0.3, 0.4) is 0 Å². The van der Waals surface area contributed by atoms with Gasteiger partial charge in [-0.2, -0.15) is 18.3 Å². The van der Waals surface area contributed by atoms with Crippen LogP contribution in [0.15, 0.2) is 35.5 Å². The van der Waals surface area contributed by atoms with Crippen molar-refractivity contribution in [2.45, 2.75) is 45.7 Å². The lowest BCUT2D eigenvalue weighted by Crippen LogP contribution is -2.39. The highest BCUT2D eigenvalue weighted by Gasteiger charge is 2.36. The van der Waals surface area contributed by atoms with E-state index in [0.717, 1.165) is 4.68 Å². The highest BCUT2D eigenvalue weighted by molar-refractivity contribution is 5.79. The third-order valence-corrected chi connectivity index (χ3v) is 4.02. The lowest BCUT2D eigenvalue weighted by molar-refractivity contribution is -0.142. The zero-order valence-corrected chi connectivity index (χ0v) is 17.5. The molecule has 166 valence electrons. The standard InChI is InChI=1S/C20H28F3N5O2/c1-5-24-19(25-10-15-12-28(4)27-18(15)20(21,22)23)26-11-17(29)14-6-8-16(9-7-14)30-13(2)3/h6-9,12-13,17,29H,5,10-11H2,1-4H3,(H2,24,25,26). The Labute approximate surface area is 174 Å². The molecule has 1 atom stereocenters. The summed E-state index contributed by atoms with van der Waals surface area (Å²) in [6, 6.07) is 7.08. The minimum absolute atomic E-state index is 0.0245. The summed E-state index contributed by atoms with van der Waals surface area (Å²) in [7, 11) is 1.43. The van der Waals surface area contributed by atoms with E-state index in [-0.39, 0.29) is 24.8 Å². The van der Waals surface area contributed by atoms with Gasteiger partial charge in [0.05, 0.1) is 18.8 Å². The van der Waals surface area contributed by atoms with Crippen LogP contribution < -0.4 is 15.4 Å². The molecule has 2 rings (SSSR count). The third kappa shape index (κ3) is 6.94. The molecule has 2 aromatic rings. The molecule has 0 radical (unpaired) electrons. The molecule has 1 aromatic heterocycles. The van der Waals surface area contributed by atoms with E-state index < -0.39 is 18.0 Å². The number of alkyl halides is 3. The first-order valence-electron chi connectivity index (χ1n) is 9.66. The molecule has 0 aliphatic heterocycles. The van der Waals surface area contributed by atoms with Crippen molar-refractivity contribution >= 4 is 5.96 Å². The molecule has 0 aliphatic carbocycles. The molecule has 0 saturated carbocycles. The van der Waals surface area contributed by atoms with Gasteiger partial charge < -0.3 is 20.5 Å². The number of hydrogen-bond donors (Lipinski definition) is 3. The molecular weight excluding hydrogens is 399 g/mol. The molecule has 30 heavy (non-hydrogen) atoms. The van der Waals surface area contributed by atoms with E-state index in [1.54, 1.807) is 24.3 Å². The predicted molar refractivity (Wildman–Crippen MR) is 108 cm³/mol. The van der Waals surface area contributed by atoms with Crippen molar-refractivity contribution < 1.29 is 23.0 Å². The van der Waals surface area contributed by atoms with E-state index in [1.165, 1.54) is 13.2 Å². The lowest BCUT2D eigenvalue weighted by atomic mass is 10.1. The van der Waals surface area contributed by atoms with Crippen LogP contribution in [-0.2, 0) is 19.8 Å². The van der Waals surface area contributed by atoms with Crippen molar-refractivity contribution in [2.24, 2.45) is 12.0 Å². The molecule has 1 heterocycles. The molecule has 1 aromatic carbocycles. The molecular formula is C20H28F3N5O2. The number of aryl methyl sites for hydroxylation is 1. The van der Waals surface area contributed by atoms with Crippen LogP contribution >= 0.6 is 0 Å². The fraction of sp³-hybridized carbons (Fsp3) is 0.500. The number of guanidine groups is 1. The summed E-state index contributed by atoms with van der Waals surface area (Å²) in [4.78, 5) is 4.19. The van der Waals surface area contributed by atoms with Crippen LogP contribution in [0.1, 0.15) is 43.7 Å². The number of rotatable bonds is 8. The van der Waals surface area contributed by atoms with Gasteiger partial charge in [-0.05, 0) is 38.5 Å². The second-order valence-corrected chi connectivity index (χ2v) is 7.00. The maximum absolute atomic E-state index is 13.1. The topological polar surface area (TPSA) is 83.7 Å². The average molecular weight is 427 g/mol. The van der Waals surface area contributed by atoms with Crippen LogP contribution in [0.2, 0.25) is 0 Å². The first kappa shape index (κ1) is 23.5. The van der Waals surface area contributed by atoms with E-state index in [4.69, 9.17) is 4.74 Å². The molecule has 0 amide bonds. The zero-order chi connectivity index (χ0) is 22.3. The minimum atomic E-state index is -4.54. The van der Waals surface area contributed by atoms with Gasteiger partial charge in [-0.1, -0.05) is 12.1 Å². The van der Waals surface area contributed by atoms with Crippen molar-refractivity contribution in [3.63, 3.8) is 0 Å². The van der Waals surface area contributed by atoms with Gasteiger partial charge in [-0.25, -0.2) is 4.99 Å². The Morgan fingerprint density at radius 2 is 1.90 bits per heavy atom. The molecule has 0 bridgehead atoms. The van der Waals surface area contributed by atoms with Gasteiger partial charge in [0.15, 0.2) is 11.7 Å². The van der Waals surface area contributed by atoms with Gasteiger partial charge in [0.1, 0.15) is 5.75 Å². The second-order valence-electron chi connectivity index (χ2n) is 7.00. The molecule has 10 heteroatoms. The largest absolute Gasteiger partial charge is 0.491 e. The van der Waals surface area contributed by atoms with E-state index in [9.17, 15) is 18.3 Å². The summed E-state index contributed by atoms with van der Waals surface area (Å²) in [5.74, 6) is 1.01. The fourth-order valence-electron chi connectivity index (χ4n) is 2.75. The maximum atomic E-state index is 13.1. The maximum Gasteiger partial charge on any atom is 0.435 e. The second kappa shape index (κ2) is 10.3. The van der Waals surface area contributed by atoms with Crippen molar-refractivity contribution in [1.29, 1.82) is 0 Å². The predicted octanol–water partition coefficient (Wildman–Crippen LogP) is 3.01. The first-order valence-corrected chi connectivity index (χ1v) is 9.66. The Morgan fingerprint density at radius 1 is 1.23 bits per heavy atom. The molecule has 0 spiro atoms. The first-order chi connectivity index (χ1) is 14.1. The molecule has 0 saturated heterocycles. The van der Waals surface area contributed by atoms with E-state index in [0.29, 0.717) is 23.8 Å². The van der Waals surface area contributed by atoms with Gasteiger partial charge in [0, 0.05) is 31.9 Å². The molecule has 0 aliphatic rings. The van der Waals surface area contributed by atoms with Gasteiger partial charge in [0.2, 0.25) is 0 Å². The monoisotopic (exact) mass is 427 g/mol. The Bertz CT molecular complexity index is 832.